The zero-order valence-electron chi connectivity index (χ0n) is 12.2. The fraction of sp³-hybridized carbons (Fsp3) is 0.375. The number of ether oxygens (including phenoxy) is 1. The molecule has 0 spiro atoms. The molecule has 20 heavy (non-hydrogen) atoms. The second kappa shape index (κ2) is 6.37. The summed E-state index contributed by atoms with van der Waals surface area (Å²) in [6, 6.07) is 7.03. The van der Waals surface area contributed by atoms with Crippen molar-refractivity contribution in [3.05, 3.63) is 41.5 Å². The van der Waals surface area contributed by atoms with E-state index in [9.17, 15) is 9.59 Å². The van der Waals surface area contributed by atoms with Crippen LogP contribution in [0.25, 0.3) is 6.08 Å². The first-order chi connectivity index (χ1) is 9.19. The molecular weight excluding hydrogens is 256 g/mol. The van der Waals surface area contributed by atoms with Crippen LogP contribution in [0.3, 0.4) is 0 Å². The molecule has 4 nitrogen and oxygen atoms in total. The van der Waals surface area contributed by atoms with E-state index in [2.05, 4.69) is 0 Å². The minimum atomic E-state index is -0.859. The van der Waals surface area contributed by atoms with E-state index >= 15 is 0 Å². The van der Waals surface area contributed by atoms with Gasteiger partial charge in [-0.15, -0.1) is 0 Å². The third-order valence-corrected chi connectivity index (χ3v) is 2.63. The van der Waals surface area contributed by atoms with Gasteiger partial charge in [-0.05, 0) is 44.9 Å². The first-order valence-electron chi connectivity index (χ1n) is 6.43. The van der Waals surface area contributed by atoms with Gasteiger partial charge in [0.05, 0.1) is 5.92 Å². The number of carboxylic acids is 1. The lowest BCUT2D eigenvalue weighted by Gasteiger charge is -2.17. The van der Waals surface area contributed by atoms with Gasteiger partial charge in [0.25, 0.3) is 0 Å². The Hall–Kier alpha value is -2.10. The van der Waals surface area contributed by atoms with Crippen LogP contribution in [0.4, 0.5) is 0 Å². The highest BCUT2D eigenvalue weighted by Crippen LogP contribution is 2.16. The van der Waals surface area contributed by atoms with E-state index in [-0.39, 0.29) is 0 Å². The van der Waals surface area contributed by atoms with Crippen LogP contribution in [0.1, 0.15) is 44.7 Å². The van der Waals surface area contributed by atoms with Crippen molar-refractivity contribution in [3.63, 3.8) is 0 Å². The maximum absolute atomic E-state index is 11.5. The van der Waals surface area contributed by atoms with Crippen molar-refractivity contribution >= 4 is 18.0 Å². The summed E-state index contributed by atoms with van der Waals surface area (Å²) in [6.07, 6.45) is 3.00. The first-order valence-corrected chi connectivity index (χ1v) is 6.43. The SMILES string of the molecule is C[C@@H](C(=O)O)c1ccc(/C=C/C(=O)OC(C)(C)C)cc1. The molecule has 4 heteroatoms. The number of rotatable bonds is 4. The Balaban J connectivity index is 2.71. The van der Waals surface area contributed by atoms with Gasteiger partial charge in [0.2, 0.25) is 0 Å². The summed E-state index contributed by atoms with van der Waals surface area (Å²) in [5.74, 6) is -1.80. The lowest BCUT2D eigenvalue weighted by molar-refractivity contribution is -0.148. The third kappa shape index (κ3) is 5.26. The van der Waals surface area contributed by atoms with Gasteiger partial charge in [0.1, 0.15) is 5.60 Å². The quantitative estimate of drug-likeness (QED) is 0.677. The molecule has 0 radical (unpaired) electrons. The lowest BCUT2D eigenvalue weighted by atomic mass is 10.00. The van der Waals surface area contributed by atoms with Gasteiger partial charge in [-0.3, -0.25) is 4.79 Å². The van der Waals surface area contributed by atoms with Gasteiger partial charge >= 0.3 is 11.9 Å². The molecule has 1 aromatic carbocycles. The van der Waals surface area contributed by atoms with E-state index in [0.717, 1.165) is 11.1 Å². The molecule has 1 aromatic rings. The normalized spacial score (nSPS) is 13.2. The number of hydrogen-bond donors (Lipinski definition) is 1. The minimum absolute atomic E-state index is 0.402. The maximum Gasteiger partial charge on any atom is 0.331 e. The van der Waals surface area contributed by atoms with Gasteiger partial charge in [-0.2, -0.15) is 0 Å². The fourth-order valence-electron chi connectivity index (χ4n) is 1.54. The molecule has 108 valence electrons. The van der Waals surface area contributed by atoms with Crippen LogP contribution in [0, 0.1) is 0 Å². The van der Waals surface area contributed by atoms with E-state index in [4.69, 9.17) is 9.84 Å². The molecule has 1 atom stereocenters. The second-order valence-electron chi connectivity index (χ2n) is 5.59. The van der Waals surface area contributed by atoms with Gasteiger partial charge in [0.15, 0.2) is 0 Å². The molecule has 0 unspecified atom stereocenters. The number of carboxylic acid groups (broad SMARTS) is 1. The number of benzene rings is 1. The molecule has 0 bridgehead atoms. The summed E-state index contributed by atoms with van der Waals surface area (Å²) in [6.45, 7) is 7.05. The third-order valence-electron chi connectivity index (χ3n) is 2.63. The number of aliphatic carboxylic acids is 1. The van der Waals surface area contributed by atoms with Gasteiger partial charge in [0, 0.05) is 6.08 Å². The van der Waals surface area contributed by atoms with Crippen molar-refractivity contribution in [1.29, 1.82) is 0 Å². The van der Waals surface area contributed by atoms with E-state index in [0.29, 0.717) is 0 Å². The highest BCUT2D eigenvalue weighted by atomic mass is 16.6. The first kappa shape index (κ1) is 16.0. The van der Waals surface area contributed by atoms with Crippen LogP contribution in [0.2, 0.25) is 0 Å². The second-order valence-corrected chi connectivity index (χ2v) is 5.59. The summed E-state index contributed by atoms with van der Waals surface area (Å²) >= 11 is 0. The van der Waals surface area contributed by atoms with Crippen molar-refractivity contribution in [2.75, 3.05) is 0 Å². The van der Waals surface area contributed by atoms with Gasteiger partial charge in [-0.25, -0.2) is 4.79 Å². The molecule has 0 amide bonds. The van der Waals surface area contributed by atoms with Crippen molar-refractivity contribution < 1.29 is 19.4 Å². The Morgan fingerprint density at radius 3 is 2.20 bits per heavy atom. The van der Waals surface area contributed by atoms with Crippen LogP contribution < -0.4 is 0 Å². The summed E-state index contributed by atoms with van der Waals surface area (Å²) in [7, 11) is 0. The number of carbonyl (C=O) groups excluding carboxylic acids is 1. The van der Waals surface area contributed by atoms with E-state index < -0.39 is 23.5 Å². The van der Waals surface area contributed by atoms with Crippen molar-refractivity contribution in [1.82, 2.24) is 0 Å². The molecule has 0 aliphatic rings. The van der Waals surface area contributed by atoms with Gasteiger partial charge in [-0.1, -0.05) is 24.3 Å². The molecule has 0 saturated heterocycles. The summed E-state index contributed by atoms with van der Waals surface area (Å²) < 4.78 is 5.15. The zero-order chi connectivity index (χ0) is 15.3. The molecule has 0 heterocycles. The average molecular weight is 276 g/mol. The highest BCUT2D eigenvalue weighted by Gasteiger charge is 2.14. The number of esters is 1. The van der Waals surface area contributed by atoms with Crippen LogP contribution in [-0.2, 0) is 14.3 Å². The molecule has 0 aromatic heterocycles. The zero-order valence-corrected chi connectivity index (χ0v) is 12.2. The molecule has 0 fully saturated rings. The maximum atomic E-state index is 11.5. The van der Waals surface area contributed by atoms with E-state index in [1.54, 1.807) is 58.0 Å². The Morgan fingerprint density at radius 2 is 1.75 bits per heavy atom. The topological polar surface area (TPSA) is 63.6 Å². The smallest absolute Gasteiger partial charge is 0.331 e. The predicted octanol–water partition coefficient (Wildman–Crippen LogP) is 3.23. The van der Waals surface area contributed by atoms with Crippen LogP contribution in [0.5, 0.6) is 0 Å². The number of hydrogen-bond acceptors (Lipinski definition) is 3. The number of carbonyl (C=O) groups is 2. The Morgan fingerprint density at radius 1 is 1.20 bits per heavy atom. The molecule has 1 rings (SSSR count). The fourth-order valence-corrected chi connectivity index (χ4v) is 1.54. The molecular formula is C16H20O4. The van der Waals surface area contributed by atoms with E-state index in [1.807, 2.05) is 0 Å². The summed E-state index contributed by atoms with van der Waals surface area (Å²) in [5.41, 5.74) is 1.03. The van der Waals surface area contributed by atoms with Gasteiger partial charge < -0.3 is 9.84 Å². The molecule has 1 N–H and O–H groups in total. The highest BCUT2D eigenvalue weighted by molar-refractivity contribution is 5.87. The monoisotopic (exact) mass is 276 g/mol. The lowest BCUT2D eigenvalue weighted by Crippen LogP contribution is -2.22. The van der Waals surface area contributed by atoms with Crippen LogP contribution in [-0.4, -0.2) is 22.6 Å². The standard InChI is InChI=1S/C16H20O4/c1-11(15(18)19)13-8-5-12(6-9-13)7-10-14(17)20-16(2,3)4/h5-11H,1-4H3,(H,18,19)/b10-7+/t11-/m1/s1. The Bertz CT molecular complexity index is 506. The largest absolute Gasteiger partial charge is 0.481 e. The van der Waals surface area contributed by atoms with E-state index in [1.165, 1.54) is 6.08 Å². The van der Waals surface area contributed by atoms with Crippen molar-refractivity contribution in [2.45, 2.75) is 39.2 Å². The molecule has 0 aliphatic heterocycles. The molecule has 0 saturated carbocycles. The molecule has 0 aliphatic carbocycles. The Kier molecular flexibility index (Phi) is 5.08. The average Bonchev–Trinajstić information content (AvgIpc) is 2.34. The minimum Gasteiger partial charge on any atom is -0.481 e. The summed E-state index contributed by atoms with van der Waals surface area (Å²) in [4.78, 5) is 22.4. The Labute approximate surface area is 119 Å². The van der Waals surface area contributed by atoms with Crippen LogP contribution in [0.15, 0.2) is 30.3 Å². The van der Waals surface area contributed by atoms with Crippen molar-refractivity contribution in [2.24, 2.45) is 0 Å². The summed E-state index contributed by atoms with van der Waals surface area (Å²) in [5, 5.41) is 8.91. The van der Waals surface area contributed by atoms with Crippen molar-refractivity contribution in [3.8, 4) is 0 Å². The van der Waals surface area contributed by atoms with Crippen LogP contribution >= 0.6 is 0 Å². The predicted molar refractivity (Wildman–Crippen MR) is 77.4 cm³/mol.